The fourth-order valence-electron chi connectivity index (χ4n) is 4.20. The molecule has 0 aromatic heterocycles. The summed E-state index contributed by atoms with van der Waals surface area (Å²) in [7, 11) is 0. The molecule has 1 aromatic carbocycles. The van der Waals surface area contributed by atoms with Crippen molar-refractivity contribution in [3.8, 4) is 5.75 Å². The molecule has 1 aromatic rings. The van der Waals surface area contributed by atoms with Crippen LogP contribution in [0.2, 0.25) is 5.02 Å². The molecule has 3 rings (SSSR count). The van der Waals surface area contributed by atoms with E-state index in [1.54, 1.807) is 24.3 Å². The van der Waals surface area contributed by atoms with E-state index in [-0.39, 0.29) is 25.2 Å². The van der Waals surface area contributed by atoms with E-state index in [4.69, 9.17) is 21.1 Å². The third kappa shape index (κ3) is 4.88. The van der Waals surface area contributed by atoms with Crippen LogP contribution in [0.4, 0.5) is 0 Å². The molecule has 2 saturated carbocycles. The highest BCUT2D eigenvalue weighted by atomic mass is 35.5. The van der Waals surface area contributed by atoms with E-state index in [2.05, 4.69) is 5.32 Å². The summed E-state index contributed by atoms with van der Waals surface area (Å²) in [6, 6.07) is 6.88. The summed E-state index contributed by atoms with van der Waals surface area (Å²) in [5, 5.41) is 3.50. The molecule has 4 atom stereocenters. The summed E-state index contributed by atoms with van der Waals surface area (Å²) < 4.78 is 10.3. The van der Waals surface area contributed by atoms with Crippen LogP contribution in [-0.2, 0) is 14.3 Å². The number of carbonyl (C=O) groups is 2. The summed E-state index contributed by atoms with van der Waals surface area (Å²) in [6.45, 7) is 1.52. The van der Waals surface area contributed by atoms with Crippen molar-refractivity contribution < 1.29 is 19.1 Å². The molecule has 1 amide bonds. The molecule has 5 nitrogen and oxygen atoms in total. The minimum atomic E-state index is -0.581. The van der Waals surface area contributed by atoms with Crippen molar-refractivity contribution in [3.05, 3.63) is 29.3 Å². The van der Waals surface area contributed by atoms with Crippen LogP contribution >= 0.6 is 11.6 Å². The van der Waals surface area contributed by atoms with Crippen molar-refractivity contribution >= 4 is 23.5 Å². The first-order valence-corrected chi connectivity index (χ1v) is 9.22. The lowest BCUT2D eigenvalue weighted by Gasteiger charge is -2.28. The number of benzene rings is 1. The molecule has 6 heteroatoms. The molecule has 136 valence electrons. The van der Waals surface area contributed by atoms with Gasteiger partial charge in [-0.1, -0.05) is 24.1 Å². The Kier molecular flexibility index (Phi) is 5.84. The summed E-state index contributed by atoms with van der Waals surface area (Å²) in [5.74, 6) is 1.79. The monoisotopic (exact) mass is 365 g/mol. The number of hydrogen-bond acceptors (Lipinski definition) is 4. The van der Waals surface area contributed by atoms with Gasteiger partial charge in [0.25, 0.3) is 5.91 Å². The van der Waals surface area contributed by atoms with Gasteiger partial charge < -0.3 is 14.8 Å². The minimum Gasteiger partial charge on any atom is -0.482 e. The highest BCUT2D eigenvalue weighted by Crippen LogP contribution is 2.49. The summed E-state index contributed by atoms with van der Waals surface area (Å²) in [5.41, 5.74) is 0. The van der Waals surface area contributed by atoms with E-state index in [0.29, 0.717) is 16.7 Å². The Morgan fingerprint density at radius 3 is 2.80 bits per heavy atom. The van der Waals surface area contributed by atoms with Gasteiger partial charge in [0.1, 0.15) is 5.75 Å². The number of nitrogens with one attached hydrogen (secondary N) is 1. The van der Waals surface area contributed by atoms with Crippen LogP contribution in [0.1, 0.15) is 32.6 Å². The largest absolute Gasteiger partial charge is 0.482 e. The van der Waals surface area contributed by atoms with Gasteiger partial charge in [-0.3, -0.25) is 4.79 Å². The Bertz CT molecular complexity index is 636. The van der Waals surface area contributed by atoms with Gasteiger partial charge in [0.15, 0.2) is 13.2 Å². The molecular formula is C19H24ClNO4. The Labute approximate surface area is 153 Å². The van der Waals surface area contributed by atoms with E-state index in [9.17, 15) is 9.59 Å². The molecule has 0 radical (unpaired) electrons. The molecular weight excluding hydrogens is 342 g/mol. The van der Waals surface area contributed by atoms with E-state index in [1.165, 1.54) is 25.7 Å². The lowest BCUT2D eigenvalue weighted by atomic mass is 9.84. The maximum absolute atomic E-state index is 12.0. The number of esters is 1. The minimum absolute atomic E-state index is 0.129. The second kappa shape index (κ2) is 8.09. The van der Waals surface area contributed by atoms with Gasteiger partial charge in [0.05, 0.1) is 0 Å². The molecule has 0 heterocycles. The molecule has 25 heavy (non-hydrogen) atoms. The zero-order valence-corrected chi connectivity index (χ0v) is 15.1. The molecule has 4 unspecified atom stereocenters. The number of fused-ring (bicyclic) bond motifs is 2. The van der Waals surface area contributed by atoms with Crippen molar-refractivity contribution in [2.75, 3.05) is 13.2 Å². The van der Waals surface area contributed by atoms with Gasteiger partial charge in [-0.2, -0.15) is 0 Å². The maximum Gasteiger partial charge on any atom is 0.344 e. The molecule has 0 spiro atoms. The average molecular weight is 366 g/mol. The van der Waals surface area contributed by atoms with E-state index in [1.807, 2.05) is 6.92 Å². The number of hydrogen-bond donors (Lipinski definition) is 1. The summed E-state index contributed by atoms with van der Waals surface area (Å²) in [6.07, 6.45) is 5.14. The molecule has 0 aliphatic heterocycles. The highest BCUT2D eigenvalue weighted by Gasteiger charge is 2.42. The standard InChI is InChI=1S/C19H24ClNO4/c1-12(17-8-13-5-6-14(17)7-13)21-18(22)10-25-19(23)11-24-16-4-2-3-15(20)9-16/h2-4,9,12-14,17H,5-8,10-11H2,1H3,(H,21,22). The molecule has 1 N–H and O–H groups in total. The number of halogens is 1. The Balaban J connectivity index is 1.35. The third-order valence-electron chi connectivity index (χ3n) is 5.34. The van der Waals surface area contributed by atoms with Crippen LogP contribution in [0.25, 0.3) is 0 Å². The second-order valence-electron chi connectivity index (χ2n) is 7.10. The zero-order chi connectivity index (χ0) is 17.8. The summed E-state index contributed by atoms with van der Waals surface area (Å²) in [4.78, 5) is 23.7. The predicted octanol–water partition coefficient (Wildman–Crippen LogP) is 3.20. The van der Waals surface area contributed by atoms with Crippen molar-refractivity contribution in [2.45, 2.75) is 38.6 Å². The summed E-state index contributed by atoms with van der Waals surface area (Å²) >= 11 is 5.84. The van der Waals surface area contributed by atoms with E-state index >= 15 is 0 Å². The molecule has 2 aliphatic carbocycles. The first-order valence-electron chi connectivity index (χ1n) is 8.84. The van der Waals surface area contributed by atoms with E-state index < -0.39 is 5.97 Å². The van der Waals surface area contributed by atoms with Crippen LogP contribution in [0, 0.1) is 17.8 Å². The van der Waals surface area contributed by atoms with E-state index in [0.717, 1.165) is 11.8 Å². The Morgan fingerprint density at radius 1 is 1.28 bits per heavy atom. The van der Waals surface area contributed by atoms with Gasteiger partial charge in [-0.15, -0.1) is 0 Å². The van der Waals surface area contributed by atoms with Gasteiger partial charge in [0.2, 0.25) is 0 Å². The van der Waals surface area contributed by atoms with Gasteiger partial charge in [-0.05, 0) is 62.1 Å². The van der Waals surface area contributed by atoms with Crippen molar-refractivity contribution in [3.63, 3.8) is 0 Å². The van der Waals surface area contributed by atoms with Gasteiger partial charge >= 0.3 is 5.97 Å². The molecule has 0 saturated heterocycles. The zero-order valence-electron chi connectivity index (χ0n) is 14.4. The maximum atomic E-state index is 12.0. The van der Waals surface area contributed by atoms with Gasteiger partial charge in [-0.25, -0.2) is 4.79 Å². The Morgan fingerprint density at radius 2 is 2.12 bits per heavy atom. The van der Waals surface area contributed by atoms with Crippen molar-refractivity contribution in [2.24, 2.45) is 17.8 Å². The first kappa shape index (κ1) is 18.1. The van der Waals surface area contributed by atoms with Crippen LogP contribution < -0.4 is 10.1 Å². The fourth-order valence-corrected chi connectivity index (χ4v) is 4.38. The molecule has 2 aliphatic rings. The van der Waals surface area contributed by atoms with Crippen LogP contribution in [0.5, 0.6) is 5.75 Å². The third-order valence-corrected chi connectivity index (χ3v) is 5.58. The number of carbonyl (C=O) groups excluding carboxylic acids is 2. The molecule has 2 bridgehead atoms. The normalized spacial score (nSPS) is 25.4. The van der Waals surface area contributed by atoms with Crippen LogP contribution in [0.15, 0.2) is 24.3 Å². The topological polar surface area (TPSA) is 64.6 Å². The smallest absolute Gasteiger partial charge is 0.344 e. The number of amides is 1. The quantitative estimate of drug-likeness (QED) is 0.753. The SMILES string of the molecule is CC(NC(=O)COC(=O)COc1cccc(Cl)c1)C1CC2CCC1C2. The Hall–Kier alpha value is -1.75. The van der Waals surface area contributed by atoms with Crippen molar-refractivity contribution in [1.82, 2.24) is 5.32 Å². The fraction of sp³-hybridized carbons (Fsp3) is 0.579. The number of ether oxygens (including phenoxy) is 2. The first-order chi connectivity index (χ1) is 12.0. The van der Waals surface area contributed by atoms with Crippen LogP contribution in [0.3, 0.4) is 0 Å². The highest BCUT2D eigenvalue weighted by molar-refractivity contribution is 6.30. The predicted molar refractivity (Wildman–Crippen MR) is 94.4 cm³/mol. The van der Waals surface area contributed by atoms with Gasteiger partial charge in [0, 0.05) is 11.1 Å². The molecule has 2 fully saturated rings. The average Bonchev–Trinajstić information content (AvgIpc) is 3.21. The van der Waals surface area contributed by atoms with Crippen LogP contribution in [-0.4, -0.2) is 31.1 Å². The second-order valence-corrected chi connectivity index (χ2v) is 7.54. The lowest BCUT2D eigenvalue weighted by molar-refractivity contribution is -0.150. The number of rotatable bonds is 7. The lowest BCUT2D eigenvalue weighted by Crippen LogP contribution is -2.42. The van der Waals surface area contributed by atoms with Crippen molar-refractivity contribution in [1.29, 1.82) is 0 Å².